The van der Waals surface area contributed by atoms with Crippen LogP contribution in [0.15, 0.2) is 92.7 Å². The number of carbonyl (C=O) groups is 1. The molecule has 1 atom stereocenters. The highest BCUT2D eigenvalue weighted by molar-refractivity contribution is 7.99. The monoisotopic (exact) mass is 568 g/mol. The number of thioether (sulfide) groups is 1. The summed E-state index contributed by atoms with van der Waals surface area (Å²) < 4.78 is 45.6. The molecule has 1 aliphatic heterocycles. The first-order chi connectivity index (χ1) is 18.7. The lowest BCUT2D eigenvalue weighted by molar-refractivity contribution is -0.136. The predicted molar refractivity (Wildman–Crippen MR) is 148 cm³/mol. The number of hydrogen-bond acceptors (Lipinski definition) is 6. The van der Waals surface area contributed by atoms with E-state index in [9.17, 15) is 22.8 Å². The molecule has 0 saturated heterocycles. The van der Waals surface area contributed by atoms with E-state index in [1.165, 1.54) is 23.0 Å². The van der Waals surface area contributed by atoms with Gasteiger partial charge in [0, 0.05) is 4.90 Å². The van der Waals surface area contributed by atoms with Gasteiger partial charge in [0.05, 0.1) is 34.7 Å². The normalized spacial score (nSPS) is 15.8. The molecular formula is C29H23F3N2O3S2. The zero-order valence-electron chi connectivity index (χ0n) is 21.0. The summed E-state index contributed by atoms with van der Waals surface area (Å²) in [6, 6.07) is 19.1. The fourth-order valence-corrected chi connectivity index (χ4v) is 6.49. The molecule has 0 unspecified atom stereocenters. The molecule has 0 saturated carbocycles. The molecule has 200 valence electrons. The van der Waals surface area contributed by atoms with Crippen LogP contribution in [-0.4, -0.2) is 29.6 Å². The number of methoxy groups -OCH3 is 1. The van der Waals surface area contributed by atoms with Gasteiger partial charge in [0.1, 0.15) is 0 Å². The molecule has 0 fully saturated rings. The first-order valence-corrected chi connectivity index (χ1v) is 13.9. The number of halogens is 3. The Balaban J connectivity index is 1.69. The molecule has 5 nitrogen and oxygen atoms in total. The van der Waals surface area contributed by atoms with E-state index in [0.717, 1.165) is 22.7 Å². The van der Waals surface area contributed by atoms with Crippen molar-refractivity contribution >= 4 is 45.9 Å². The molecule has 4 aromatic rings. The highest BCUT2D eigenvalue weighted by atomic mass is 32.2. The van der Waals surface area contributed by atoms with Crippen LogP contribution in [0.25, 0.3) is 16.8 Å². The van der Waals surface area contributed by atoms with Crippen LogP contribution >= 0.6 is 23.1 Å². The van der Waals surface area contributed by atoms with Gasteiger partial charge in [0.25, 0.3) is 5.56 Å². The van der Waals surface area contributed by atoms with E-state index in [1.807, 2.05) is 49.4 Å². The van der Waals surface area contributed by atoms with Gasteiger partial charge in [-0.2, -0.15) is 13.2 Å². The van der Waals surface area contributed by atoms with Gasteiger partial charge in [-0.15, -0.1) is 11.8 Å². The van der Waals surface area contributed by atoms with E-state index in [1.54, 1.807) is 30.3 Å². The molecule has 0 N–H and O–H groups in total. The van der Waals surface area contributed by atoms with Crippen LogP contribution < -0.4 is 14.9 Å². The van der Waals surface area contributed by atoms with Crippen molar-refractivity contribution in [3.05, 3.63) is 109 Å². The van der Waals surface area contributed by atoms with Crippen LogP contribution in [0.5, 0.6) is 0 Å². The molecule has 0 aliphatic carbocycles. The second-order valence-corrected chi connectivity index (χ2v) is 10.8. The van der Waals surface area contributed by atoms with Crippen LogP contribution in [0.2, 0.25) is 0 Å². The summed E-state index contributed by atoms with van der Waals surface area (Å²) in [6.07, 6.45) is -2.07. The average molecular weight is 569 g/mol. The average Bonchev–Trinajstić information content (AvgIpc) is 3.25. The largest absolute Gasteiger partial charge is 0.466 e. The van der Waals surface area contributed by atoms with E-state index in [-0.39, 0.29) is 5.56 Å². The van der Waals surface area contributed by atoms with Crippen molar-refractivity contribution in [2.75, 3.05) is 12.9 Å². The summed E-state index contributed by atoms with van der Waals surface area (Å²) in [5.74, 6) is -1.53. The van der Waals surface area contributed by atoms with Gasteiger partial charge in [-0.25, -0.2) is 9.79 Å². The summed E-state index contributed by atoms with van der Waals surface area (Å²) >= 11 is 1.95. The SMILES string of the molecule is CCC1=C(C(=O)OC)[C@H](c2ccccc2)n2c(s/c(=C\c3ccc(SCC(F)(F)F)c4ccccc34)c2=O)=N1. The van der Waals surface area contributed by atoms with Crippen molar-refractivity contribution in [1.82, 2.24) is 4.57 Å². The third-order valence-corrected chi connectivity index (χ3v) is 8.48. The number of carbonyl (C=O) groups excluding carboxylic acids is 1. The van der Waals surface area contributed by atoms with Crippen molar-refractivity contribution in [2.45, 2.75) is 30.5 Å². The minimum atomic E-state index is -4.28. The van der Waals surface area contributed by atoms with Crippen molar-refractivity contribution in [3.8, 4) is 0 Å². The number of rotatable bonds is 6. The third kappa shape index (κ3) is 5.31. The van der Waals surface area contributed by atoms with Gasteiger partial charge < -0.3 is 4.74 Å². The van der Waals surface area contributed by atoms with Gasteiger partial charge in [-0.05, 0) is 40.5 Å². The summed E-state index contributed by atoms with van der Waals surface area (Å²) in [5, 5.41) is 1.41. The van der Waals surface area contributed by atoms with Gasteiger partial charge in [-0.1, -0.05) is 78.9 Å². The quantitative estimate of drug-likeness (QED) is 0.224. The molecule has 0 amide bonds. The zero-order valence-corrected chi connectivity index (χ0v) is 22.6. The van der Waals surface area contributed by atoms with Gasteiger partial charge in [0.15, 0.2) is 4.80 Å². The Morgan fingerprint density at radius 3 is 2.44 bits per heavy atom. The van der Waals surface area contributed by atoms with Crippen molar-refractivity contribution in [2.24, 2.45) is 4.99 Å². The van der Waals surface area contributed by atoms with Crippen molar-refractivity contribution in [3.63, 3.8) is 0 Å². The molecule has 1 aromatic heterocycles. The molecule has 0 bridgehead atoms. The third-order valence-electron chi connectivity index (χ3n) is 6.36. The summed E-state index contributed by atoms with van der Waals surface area (Å²) in [7, 11) is 1.30. The second kappa shape index (κ2) is 10.9. The number of thiazole rings is 1. The number of nitrogens with zero attached hydrogens (tertiary/aromatic N) is 2. The zero-order chi connectivity index (χ0) is 27.7. The van der Waals surface area contributed by atoms with Crippen LogP contribution in [0.1, 0.15) is 30.5 Å². The van der Waals surface area contributed by atoms with Crippen molar-refractivity contribution < 1.29 is 22.7 Å². The number of hydrogen-bond donors (Lipinski definition) is 0. The van der Waals surface area contributed by atoms with Crippen LogP contribution in [0.4, 0.5) is 13.2 Å². The van der Waals surface area contributed by atoms with Crippen LogP contribution in [-0.2, 0) is 9.53 Å². The van der Waals surface area contributed by atoms with E-state index < -0.39 is 23.9 Å². The molecule has 10 heteroatoms. The molecule has 3 aromatic carbocycles. The Hall–Kier alpha value is -3.63. The minimum Gasteiger partial charge on any atom is -0.466 e. The van der Waals surface area contributed by atoms with Gasteiger partial charge >= 0.3 is 12.1 Å². The highest BCUT2D eigenvalue weighted by Gasteiger charge is 2.33. The Labute approximate surface area is 230 Å². The Morgan fingerprint density at radius 1 is 1.08 bits per heavy atom. The van der Waals surface area contributed by atoms with Crippen LogP contribution in [0.3, 0.4) is 0 Å². The Bertz CT molecular complexity index is 1770. The second-order valence-electron chi connectivity index (χ2n) is 8.80. The first kappa shape index (κ1) is 27.0. The van der Waals surface area contributed by atoms with Gasteiger partial charge in [-0.3, -0.25) is 9.36 Å². The lowest BCUT2D eigenvalue weighted by atomic mass is 9.95. The molecule has 1 aliphatic rings. The smallest absolute Gasteiger partial charge is 0.398 e. The molecule has 0 spiro atoms. The molecule has 39 heavy (non-hydrogen) atoms. The minimum absolute atomic E-state index is 0.316. The molecule has 0 radical (unpaired) electrons. The van der Waals surface area contributed by atoms with Gasteiger partial charge in [0.2, 0.25) is 0 Å². The predicted octanol–water partition coefficient (Wildman–Crippen LogP) is 5.61. The molecular weight excluding hydrogens is 545 g/mol. The number of esters is 1. The number of allylic oxidation sites excluding steroid dienone is 1. The van der Waals surface area contributed by atoms with E-state index in [0.29, 0.717) is 42.9 Å². The maximum absolute atomic E-state index is 13.8. The summed E-state index contributed by atoms with van der Waals surface area (Å²) in [5.41, 5.74) is 2.01. The number of alkyl halides is 3. The first-order valence-electron chi connectivity index (χ1n) is 12.1. The standard InChI is InChI=1S/C29H23F3N2O3S2/c1-3-21-24(27(36)37-2)25(17-9-5-4-6-10-17)34-26(35)23(39-28(34)33-21)15-18-13-14-22(38-16-29(30,31)32)20-12-8-7-11-19(18)20/h4-15,25H,3,16H2,1-2H3/b23-15-/t25-/m0/s1. The Kier molecular flexibility index (Phi) is 7.51. The number of benzene rings is 3. The Morgan fingerprint density at radius 2 is 1.77 bits per heavy atom. The van der Waals surface area contributed by atoms with E-state index >= 15 is 0 Å². The molecule has 2 heterocycles. The number of fused-ring (bicyclic) bond motifs is 2. The lowest BCUT2D eigenvalue weighted by Crippen LogP contribution is -2.40. The lowest BCUT2D eigenvalue weighted by Gasteiger charge is -2.25. The summed E-state index contributed by atoms with van der Waals surface area (Å²) in [6.45, 7) is 1.89. The highest BCUT2D eigenvalue weighted by Crippen LogP contribution is 2.34. The topological polar surface area (TPSA) is 60.7 Å². The molecule has 5 rings (SSSR count). The van der Waals surface area contributed by atoms with Crippen molar-refractivity contribution in [1.29, 1.82) is 0 Å². The fourth-order valence-electron chi connectivity index (χ4n) is 4.66. The maximum atomic E-state index is 13.8. The number of aromatic nitrogens is 1. The fraction of sp³-hybridized carbons (Fsp3) is 0.207. The maximum Gasteiger partial charge on any atom is 0.398 e. The summed E-state index contributed by atoms with van der Waals surface area (Å²) in [4.78, 5) is 32.4. The number of ether oxygens (including phenoxy) is 1. The van der Waals surface area contributed by atoms with E-state index in [4.69, 9.17) is 4.74 Å². The van der Waals surface area contributed by atoms with E-state index in [2.05, 4.69) is 4.99 Å². The van der Waals surface area contributed by atoms with Crippen LogP contribution in [0, 0.1) is 0 Å².